The summed E-state index contributed by atoms with van der Waals surface area (Å²) in [6.45, 7) is 3.16. The molecule has 17 heavy (non-hydrogen) atoms. The Morgan fingerprint density at radius 3 is 3.18 bits per heavy atom. The minimum Gasteiger partial charge on any atom is -0.474 e. The van der Waals surface area contributed by atoms with Gasteiger partial charge in [-0.25, -0.2) is 4.98 Å². The Kier molecular flexibility index (Phi) is 3.58. The molecule has 1 aliphatic rings. The molecule has 1 aromatic heterocycles. The Morgan fingerprint density at radius 1 is 1.71 bits per heavy atom. The van der Waals surface area contributed by atoms with Crippen LogP contribution in [0.2, 0.25) is 0 Å². The maximum Gasteiger partial charge on any atom is 0.224 e. The van der Waals surface area contributed by atoms with E-state index in [2.05, 4.69) is 4.98 Å². The molecule has 1 fully saturated rings. The summed E-state index contributed by atoms with van der Waals surface area (Å²) in [6, 6.07) is 1.82. The van der Waals surface area contributed by atoms with Crippen LogP contribution in [0.4, 0.5) is 0 Å². The maximum atomic E-state index is 7.53. The van der Waals surface area contributed by atoms with Gasteiger partial charge >= 0.3 is 0 Å². The Balaban J connectivity index is 2.09. The zero-order chi connectivity index (χ0) is 12.3. The van der Waals surface area contributed by atoms with Gasteiger partial charge in [-0.15, -0.1) is 0 Å². The molecule has 5 heteroatoms. The van der Waals surface area contributed by atoms with E-state index in [0.717, 1.165) is 25.0 Å². The maximum absolute atomic E-state index is 7.53. The average molecular weight is 235 g/mol. The molecule has 2 rings (SSSR count). The number of hydrogen-bond donors (Lipinski definition) is 2. The van der Waals surface area contributed by atoms with Crippen molar-refractivity contribution in [3.05, 3.63) is 23.4 Å². The predicted octanol–water partition coefficient (Wildman–Crippen LogP) is 1.23. The van der Waals surface area contributed by atoms with Crippen molar-refractivity contribution in [3.8, 4) is 5.88 Å². The molecule has 1 saturated heterocycles. The zero-order valence-corrected chi connectivity index (χ0v) is 9.90. The van der Waals surface area contributed by atoms with E-state index in [1.165, 1.54) is 0 Å². The van der Waals surface area contributed by atoms with Crippen molar-refractivity contribution in [2.45, 2.75) is 25.9 Å². The minimum atomic E-state index is -0.0158. The van der Waals surface area contributed by atoms with Gasteiger partial charge in [-0.1, -0.05) is 0 Å². The molecule has 1 atom stereocenters. The minimum absolute atomic E-state index is 0.0158. The van der Waals surface area contributed by atoms with E-state index in [0.29, 0.717) is 18.1 Å². The van der Waals surface area contributed by atoms with Crippen LogP contribution < -0.4 is 10.5 Å². The van der Waals surface area contributed by atoms with Crippen molar-refractivity contribution >= 4 is 5.84 Å². The molecule has 1 aromatic rings. The predicted molar refractivity (Wildman–Crippen MR) is 64.5 cm³/mol. The lowest BCUT2D eigenvalue weighted by Crippen LogP contribution is -2.20. The summed E-state index contributed by atoms with van der Waals surface area (Å²) in [5.41, 5.74) is 7.00. The van der Waals surface area contributed by atoms with Crippen LogP contribution in [0.1, 0.15) is 24.0 Å². The van der Waals surface area contributed by atoms with Crippen LogP contribution in [0.3, 0.4) is 0 Å². The van der Waals surface area contributed by atoms with Crippen molar-refractivity contribution in [3.63, 3.8) is 0 Å². The van der Waals surface area contributed by atoms with Gasteiger partial charge in [-0.2, -0.15) is 0 Å². The van der Waals surface area contributed by atoms with Crippen LogP contribution in [0, 0.1) is 12.3 Å². The van der Waals surface area contributed by atoms with Gasteiger partial charge in [-0.05, 0) is 31.4 Å². The quantitative estimate of drug-likeness (QED) is 0.607. The average Bonchev–Trinajstić information content (AvgIpc) is 2.78. The molecule has 0 bridgehead atoms. The van der Waals surface area contributed by atoms with E-state index in [1.807, 2.05) is 13.0 Å². The highest BCUT2D eigenvalue weighted by Crippen LogP contribution is 2.20. The van der Waals surface area contributed by atoms with Crippen LogP contribution in [-0.4, -0.2) is 30.1 Å². The van der Waals surface area contributed by atoms with Gasteiger partial charge in [0, 0.05) is 12.8 Å². The first-order valence-corrected chi connectivity index (χ1v) is 5.73. The van der Waals surface area contributed by atoms with Crippen LogP contribution in [0.5, 0.6) is 5.88 Å². The molecule has 0 aromatic carbocycles. The zero-order valence-electron chi connectivity index (χ0n) is 9.90. The molecule has 0 spiro atoms. The number of nitrogens with two attached hydrogens (primary N) is 1. The number of pyridine rings is 1. The van der Waals surface area contributed by atoms with Crippen molar-refractivity contribution < 1.29 is 9.47 Å². The second kappa shape index (κ2) is 5.14. The number of aromatic nitrogens is 1. The Morgan fingerprint density at radius 2 is 2.53 bits per heavy atom. The molecule has 2 heterocycles. The fourth-order valence-electron chi connectivity index (χ4n) is 1.92. The van der Waals surface area contributed by atoms with Crippen molar-refractivity contribution in [2.24, 2.45) is 5.73 Å². The van der Waals surface area contributed by atoms with Crippen molar-refractivity contribution in [2.75, 3.05) is 13.2 Å². The molecule has 0 aliphatic carbocycles. The number of ether oxygens (including phenoxy) is 2. The highest BCUT2D eigenvalue weighted by atomic mass is 16.5. The first-order valence-electron chi connectivity index (χ1n) is 5.73. The van der Waals surface area contributed by atoms with Gasteiger partial charge in [0.25, 0.3) is 0 Å². The van der Waals surface area contributed by atoms with Crippen LogP contribution in [0.25, 0.3) is 0 Å². The third-order valence-corrected chi connectivity index (χ3v) is 2.82. The van der Waals surface area contributed by atoms with Gasteiger partial charge in [0.15, 0.2) is 0 Å². The van der Waals surface area contributed by atoms with Gasteiger partial charge in [0.05, 0.1) is 11.7 Å². The van der Waals surface area contributed by atoms with Gasteiger partial charge in [0.2, 0.25) is 5.88 Å². The fourth-order valence-corrected chi connectivity index (χ4v) is 1.92. The molecule has 1 aliphatic heterocycles. The number of rotatable bonds is 4. The number of amidine groups is 1. The number of hydrogen-bond acceptors (Lipinski definition) is 4. The highest BCUT2D eigenvalue weighted by Gasteiger charge is 2.18. The number of nitrogens with zero attached hydrogens (tertiary/aromatic N) is 1. The molecule has 0 saturated carbocycles. The number of nitrogen functional groups attached to an aromatic ring is 1. The molecule has 1 unspecified atom stereocenters. The Bertz CT molecular complexity index is 414. The van der Waals surface area contributed by atoms with E-state index in [4.69, 9.17) is 20.6 Å². The second-order valence-corrected chi connectivity index (χ2v) is 4.17. The van der Waals surface area contributed by atoms with Gasteiger partial charge in [-0.3, -0.25) is 5.41 Å². The largest absolute Gasteiger partial charge is 0.474 e. The van der Waals surface area contributed by atoms with E-state index in [9.17, 15) is 0 Å². The number of aryl methyl sites for hydroxylation is 1. The SMILES string of the molecule is Cc1ccnc(OCC2CCCO2)c1C(=N)N. The summed E-state index contributed by atoms with van der Waals surface area (Å²) < 4.78 is 11.1. The summed E-state index contributed by atoms with van der Waals surface area (Å²) in [5, 5.41) is 7.53. The molecule has 3 N–H and O–H groups in total. The van der Waals surface area contributed by atoms with E-state index < -0.39 is 0 Å². The lowest BCUT2D eigenvalue weighted by Gasteiger charge is -2.14. The highest BCUT2D eigenvalue weighted by molar-refractivity contribution is 5.98. The first kappa shape index (κ1) is 11.9. The van der Waals surface area contributed by atoms with E-state index in [-0.39, 0.29) is 11.9 Å². The van der Waals surface area contributed by atoms with Crippen LogP contribution in [0.15, 0.2) is 12.3 Å². The standard InChI is InChI=1S/C12H17N3O2/c1-8-4-5-15-12(10(8)11(13)14)17-7-9-3-2-6-16-9/h4-5,9H,2-3,6-7H2,1H3,(H3,13,14). The Labute approximate surface area is 100 Å². The number of nitrogens with one attached hydrogen (secondary N) is 1. The molecular formula is C12H17N3O2. The summed E-state index contributed by atoms with van der Waals surface area (Å²) in [7, 11) is 0. The fraction of sp³-hybridized carbons (Fsp3) is 0.500. The van der Waals surface area contributed by atoms with E-state index in [1.54, 1.807) is 6.20 Å². The van der Waals surface area contributed by atoms with Crippen LogP contribution in [-0.2, 0) is 4.74 Å². The molecular weight excluding hydrogens is 218 g/mol. The lowest BCUT2D eigenvalue weighted by atomic mass is 10.1. The second-order valence-electron chi connectivity index (χ2n) is 4.17. The summed E-state index contributed by atoms with van der Waals surface area (Å²) >= 11 is 0. The smallest absolute Gasteiger partial charge is 0.224 e. The summed E-state index contributed by atoms with van der Waals surface area (Å²) in [5.74, 6) is 0.408. The summed E-state index contributed by atoms with van der Waals surface area (Å²) in [4.78, 5) is 4.12. The normalized spacial score (nSPS) is 19.2. The van der Waals surface area contributed by atoms with Gasteiger partial charge in [0.1, 0.15) is 12.4 Å². The van der Waals surface area contributed by atoms with Crippen LogP contribution >= 0.6 is 0 Å². The third-order valence-electron chi connectivity index (χ3n) is 2.82. The first-order chi connectivity index (χ1) is 8.18. The van der Waals surface area contributed by atoms with E-state index >= 15 is 0 Å². The lowest BCUT2D eigenvalue weighted by molar-refractivity contribution is 0.0662. The molecule has 0 amide bonds. The topological polar surface area (TPSA) is 81.2 Å². The molecule has 5 nitrogen and oxygen atoms in total. The van der Waals surface area contributed by atoms with Gasteiger partial charge < -0.3 is 15.2 Å². The third kappa shape index (κ3) is 2.74. The molecule has 92 valence electrons. The monoisotopic (exact) mass is 235 g/mol. The summed E-state index contributed by atoms with van der Waals surface area (Å²) in [6.07, 6.45) is 3.89. The Hall–Kier alpha value is -1.62. The van der Waals surface area contributed by atoms with Crippen molar-refractivity contribution in [1.29, 1.82) is 5.41 Å². The molecule has 0 radical (unpaired) electrons. The van der Waals surface area contributed by atoms with Crippen molar-refractivity contribution in [1.82, 2.24) is 4.98 Å².